The number of unbranched alkanes of at least 4 members (excludes halogenated alkanes) is 3. The Morgan fingerprint density at radius 3 is 2.05 bits per heavy atom. The van der Waals surface area contributed by atoms with Crippen molar-refractivity contribution in [3.05, 3.63) is 83.9 Å². The lowest BCUT2D eigenvalue weighted by Crippen LogP contribution is -2.26. The van der Waals surface area contributed by atoms with E-state index in [0.29, 0.717) is 49.7 Å². The van der Waals surface area contributed by atoms with Gasteiger partial charge in [0.2, 0.25) is 0 Å². The Balaban J connectivity index is 1.83. The average Bonchev–Trinajstić information content (AvgIpc) is 3.29. The van der Waals surface area contributed by atoms with Gasteiger partial charge in [0.1, 0.15) is 12.2 Å². The van der Waals surface area contributed by atoms with Crippen molar-refractivity contribution >= 4 is 17.9 Å². The first-order valence-corrected chi connectivity index (χ1v) is 14.4. The van der Waals surface area contributed by atoms with Gasteiger partial charge < -0.3 is 19.3 Å². The fourth-order valence-electron chi connectivity index (χ4n) is 5.26. The lowest BCUT2D eigenvalue weighted by atomic mass is 9.87. The number of ether oxygens (including phenoxy) is 3. The Labute approximate surface area is 237 Å². The minimum Gasteiger partial charge on any atom is -0.469 e. The van der Waals surface area contributed by atoms with Crippen molar-refractivity contribution in [3.8, 4) is 0 Å². The number of carbonyl (C=O) groups is 3. The summed E-state index contributed by atoms with van der Waals surface area (Å²) >= 11 is 0. The predicted octanol–water partition coefficient (Wildman–Crippen LogP) is 6.30. The summed E-state index contributed by atoms with van der Waals surface area (Å²) < 4.78 is 16.8. The van der Waals surface area contributed by atoms with Crippen LogP contribution in [0.15, 0.2) is 72.8 Å². The van der Waals surface area contributed by atoms with Gasteiger partial charge in [0.05, 0.1) is 24.3 Å². The summed E-state index contributed by atoms with van der Waals surface area (Å²) in [5, 5.41) is 10.6. The molecule has 7 heteroatoms. The minimum absolute atomic E-state index is 0.155. The molecule has 0 radical (unpaired) electrons. The first kappa shape index (κ1) is 31.1. The molecule has 1 saturated carbocycles. The highest BCUT2D eigenvalue weighted by molar-refractivity contribution is 5.90. The quantitative estimate of drug-likeness (QED) is 0.120. The maximum absolute atomic E-state index is 13.0. The normalized spacial score (nSPS) is 21.2. The van der Waals surface area contributed by atoms with Gasteiger partial charge in [-0.25, -0.2) is 9.59 Å². The van der Waals surface area contributed by atoms with Crippen LogP contribution in [-0.2, 0) is 19.0 Å². The second-order valence-corrected chi connectivity index (χ2v) is 10.4. The summed E-state index contributed by atoms with van der Waals surface area (Å²) in [6, 6.07) is 17.6. The van der Waals surface area contributed by atoms with Crippen LogP contribution in [0.4, 0.5) is 0 Å². The number of aliphatic hydroxyl groups is 1. The van der Waals surface area contributed by atoms with Gasteiger partial charge in [0.15, 0.2) is 0 Å². The number of carbonyl (C=O) groups excluding carboxylic acids is 3. The van der Waals surface area contributed by atoms with Gasteiger partial charge in [-0.15, -0.1) is 0 Å². The van der Waals surface area contributed by atoms with E-state index in [2.05, 4.69) is 6.92 Å². The molecule has 1 fully saturated rings. The lowest BCUT2D eigenvalue weighted by molar-refractivity contribution is -0.140. The van der Waals surface area contributed by atoms with Crippen molar-refractivity contribution in [2.45, 2.75) is 83.0 Å². The maximum Gasteiger partial charge on any atom is 0.338 e. The molecule has 1 aliphatic carbocycles. The van der Waals surface area contributed by atoms with Crippen molar-refractivity contribution in [2.24, 2.45) is 11.8 Å². The summed E-state index contributed by atoms with van der Waals surface area (Å²) in [5.74, 6) is -1.55. The first-order valence-electron chi connectivity index (χ1n) is 14.4. The van der Waals surface area contributed by atoms with Crippen molar-refractivity contribution in [2.75, 3.05) is 7.11 Å². The molecule has 40 heavy (non-hydrogen) atoms. The number of benzene rings is 2. The van der Waals surface area contributed by atoms with E-state index in [-0.39, 0.29) is 17.8 Å². The van der Waals surface area contributed by atoms with E-state index in [9.17, 15) is 19.5 Å². The van der Waals surface area contributed by atoms with Gasteiger partial charge >= 0.3 is 17.9 Å². The number of hydrogen-bond acceptors (Lipinski definition) is 7. The number of methoxy groups -OCH3 is 1. The van der Waals surface area contributed by atoms with Gasteiger partial charge in [-0.05, 0) is 43.5 Å². The van der Waals surface area contributed by atoms with E-state index in [4.69, 9.17) is 14.2 Å². The summed E-state index contributed by atoms with van der Waals surface area (Å²) in [4.78, 5) is 37.7. The third-order valence-electron chi connectivity index (χ3n) is 7.46. The van der Waals surface area contributed by atoms with Crippen molar-refractivity contribution in [1.82, 2.24) is 0 Å². The monoisotopic (exact) mass is 550 g/mol. The van der Waals surface area contributed by atoms with Crippen LogP contribution in [0.3, 0.4) is 0 Å². The lowest BCUT2D eigenvalue weighted by Gasteiger charge is -2.24. The molecular formula is C33H42O7. The molecule has 3 rings (SSSR count). The summed E-state index contributed by atoms with van der Waals surface area (Å²) in [7, 11) is 1.37. The summed E-state index contributed by atoms with van der Waals surface area (Å²) in [5.41, 5.74) is 0.902. The first-order chi connectivity index (χ1) is 19.4. The van der Waals surface area contributed by atoms with Crippen molar-refractivity contribution < 1.29 is 33.7 Å². The van der Waals surface area contributed by atoms with Gasteiger partial charge in [-0.3, -0.25) is 4.79 Å². The highest BCUT2D eigenvalue weighted by Gasteiger charge is 2.46. The summed E-state index contributed by atoms with van der Waals surface area (Å²) in [6.45, 7) is 2.12. The smallest absolute Gasteiger partial charge is 0.338 e. The maximum atomic E-state index is 13.0. The molecule has 2 aromatic carbocycles. The largest absolute Gasteiger partial charge is 0.469 e. The van der Waals surface area contributed by atoms with E-state index in [0.717, 1.165) is 19.3 Å². The van der Waals surface area contributed by atoms with Gasteiger partial charge in [-0.2, -0.15) is 0 Å². The van der Waals surface area contributed by atoms with Crippen LogP contribution in [0.5, 0.6) is 0 Å². The molecule has 0 heterocycles. The number of rotatable bonds is 15. The van der Waals surface area contributed by atoms with Gasteiger partial charge in [0.25, 0.3) is 0 Å². The molecule has 2 aromatic rings. The molecule has 0 saturated heterocycles. The average molecular weight is 551 g/mol. The summed E-state index contributed by atoms with van der Waals surface area (Å²) in [6.07, 6.45) is 8.42. The van der Waals surface area contributed by atoms with E-state index in [1.54, 1.807) is 54.6 Å². The number of hydrogen-bond donors (Lipinski definition) is 1. The topological polar surface area (TPSA) is 99.1 Å². The molecule has 5 atom stereocenters. The van der Waals surface area contributed by atoms with Crippen LogP contribution in [0.25, 0.3) is 0 Å². The van der Waals surface area contributed by atoms with Crippen LogP contribution in [-0.4, -0.2) is 48.4 Å². The van der Waals surface area contributed by atoms with Crippen molar-refractivity contribution in [3.63, 3.8) is 0 Å². The van der Waals surface area contributed by atoms with E-state index < -0.39 is 30.3 Å². The molecule has 0 aliphatic heterocycles. The SMILES string of the molecule is CCCCCC(O)/C=C/[C@H]1[C@@H](CCCCC(=O)OC)[C@H](OC(=O)c2ccccc2)C[C@@H]1OC(=O)c1ccccc1. The Morgan fingerprint density at radius 1 is 0.875 bits per heavy atom. The number of esters is 3. The molecule has 1 unspecified atom stereocenters. The molecule has 0 aromatic heterocycles. The van der Waals surface area contributed by atoms with Crippen LogP contribution in [0, 0.1) is 11.8 Å². The molecule has 1 aliphatic rings. The van der Waals surface area contributed by atoms with Crippen molar-refractivity contribution in [1.29, 1.82) is 0 Å². The van der Waals surface area contributed by atoms with Crippen LogP contribution >= 0.6 is 0 Å². The standard InChI is InChI=1S/C33H42O7/c1-3-4-7-18-26(34)21-22-28-27(19-12-13-20-31(35)38-2)29(39-32(36)24-14-8-5-9-15-24)23-30(28)40-33(37)25-16-10-6-11-17-25/h5-6,8-11,14-17,21-22,26-30,34H,3-4,7,12-13,18-20,23H2,1-2H3/b22-21+/t26?,27-,28+,29-,30+/m1/s1. The molecule has 216 valence electrons. The zero-order valence-electron chi connectivity index (χ0n) is 23.6. The fourth-order valence-corrected chi connectivity index (χ4v) is 5.26. The van der Waals surface area contributed by atoms with Gasteiger partial charge in [0, 0.05) is 24.7 Å². The fraction of sp³-hybridized carbons (Fsp3) is 0.485. The minimum atomic E-state index is -0.608. The number of aliphatic hydroxyl groups excluding tert-OH is 1. The molecular weight excluding hydrogens is 508 g/mol. The third-order valence-corrected chi connectivity index (χ3v) is 7.46. The van der Waals surface area contributed by atoms with E-state index in [1.165, 1.54) is 7.11 Å². The zero-order valence-corrected chi connectivity index (χ0v) is 23.6. The molecule has 0 spiro atoms. The van der Waals surface area contributed by atoms with E-state index in [1.807, 2.05) is 18.2 Å². The van der Waals surface area contributed by atoms with Crippen LogP contribution in [0.1, 0.15) is 85.4 Å². The zero-order chi connectivity index (χ0) is 28.7. The van der Waals surface area contributed by atoms with Crippen LogP contribution < -0.4 is 0 Å². The third kappa shape index (κ3) is 9.63. The molecule has 0 bridgehead atoms. The molecule has 7 nitrogen and oxygen atoms in total. The Morgan fingerprint density at radius 2 is 1.48 bits per heavy atom. The van der Waals surface area contributed by atoms with E-state index >= 15 is 0 Å². The highest BCUT2D eigenvalue weighted by Crippen LogP contribution is 2.41. The molecule has 0 amide bonds. The van der Waals surface area contributed by atoms with Gasteiger partial charge in [-0.1, -0.05) is 81.2 Å². The molecule has 1 N–H and O–H groups in total. The Hall–Kier alpha value is -3.45. The highest BCUT2D eigenvalue weighted by atomic mass is 16.6. The Kier molecular flexibility index (Phi) is 12.9. The predicted molar refractivity (Wildman–Crippen MR) is 153 cm³/mol. The second-order valence-electron chi connectivity index (χ2n) is 10.4. The Bertz CT molecular complexity index is 1080. The second kappa shape index (κ2) is 16.6. The van der Waals surface area contributed by atoms with Crippen LogP contribution in [0.2, 0.25) is 0 Å².